The maximum Gasteiger partial charge on any atom is 0.234 e. The summed E-state index contributed by atoms with van der Waals surface area (Å²) in [7, 11) is 1.56. The minimum absolute atomic E-state index is 0.0770. The van der Waals surface area contributed by atoms with Crippen molar-refractivity contribution in [2.24, 2.45) is 5.92 Å². The van der Waals surface area contributed by atoms with Crippen LogP contribution >= 0.6 is 0 Å². The fourth-order valence-electron chi connectivity index (χ4n) is 4.59. The molecule has 2 aliphatic rings. The number of benzene rings is 2. The largest absolute Gasteiger partial charge is 0.495 e. The van der Waals surface area contributed by atoms with Crippen molar-refractivity contribution in [3.8, 4) is 11.5 Å². The van der Waals surface area contributed by atoms with Gasteiger partial charge in [0.1, 0.15) is 11.5 Å². The van der Waals surface area contributed by atoms with Crippen LogP contribution in [0.3, 0.4) is 0 Å². The van der Waals surface area contributed by atoms with Gasteiger partial charge in [-0.3, -0.25) is 9.59 Å². The van der Waals surface area contributed by atoms with E-state index in [2.05, 4.69) is 17.2 Å². The summed E-state index contributed by atoms with van der Waals surface area (Å²) in [5, 5.41) is 6.26. The number of carbonyl (C=O) groups excluding carboxylic acids is 2. The predicted molar refractivity (Wildman–Crippen MR) is 124 cm³/mol. The number of nitrogens with one attached hydrogen (secondary N) is 2. The topological polar surface area (TPSA) is 76.7 Å². The Balaban J connectivity index is 1.78. The Morgan fingerprint density at radius 2 is 2.00 bits per heavy atom. The molecule has 2 N–H and O–H groups in total. The number of amides is 1. The number of hydrogen-bond acceptors (Lipinski definition) is 5. The summed E-state index contributed by atoms with van der Waals surface area (Å²) in [5.74, 6) is -0.00152. The maximum atomic E-state index is 13.6. The Morgan fingerprint density at radius 3 is 2.78 bits per heavy atom. The van der Waals surface area contributed by atoms with Gasteiger partial charge in [0.05, 0.1) is 25.3 Å². The highest BCUT2D eigenvalue weighted by Crippen LogP contribution is 2.45. The zero-order valence-corrected chi connectivity index (χ0v) is 18.4. The number of Topliss-reactive ketones (excluding diaryl/α,β-unsaturated/α-hetero) is 1. The average molecular weight is 433 g/mol. The lowest BCUT2D eigenvalue weighted by molar-refractivity contribution is -0.120. The first-order chi connectivity index (χ1) is 15.5. The number of hydrogen-bond donors (Lipinski definition) is 2. The number of methoxy groups -OCH3 is 1. The third-order valence-corrected chi connectivity index (χ3v) is 5.96. The quantitative estimate of drug-likeness (QED) is 0.700. The molecule has 1 aliphatic heterocycles. The van der Waals surface area contributed by atoms with E-state index in [9.17, 15) is 9.59 Å². The van der Waals surface area contributed by atoms with Crippen molar-refractivity contribution in [2.45, 2.75) is 32.1 Å². The summed E-state index contributed by atoms with van der Waals surface area (Å²) < 4.78 is 11.1. The molecule has 0 saturated heterocycles. The molecule has 166 valence electrons. The number of ketones is 1. The highest BCUT2D eigenvalue weighted by molar-refractivity contribution is 6.03. The molecule has 2 atom stereocenters. The fourth-order valence-corrected chi connectivity index (χ4v) is 4.59. The van der Waals surface area contributed by atoms with Gasteiger partial charge in [-0.1, -0.05) is 30.8 Å². The predicted octanol–water partition coefficient (Wildman–Crippen LogP) is 4.56. The molecule has 6 nitrogen and oxygen atoms in total. The summed E-state index contributed by atoms with van der Waals surface area (Å²) >= 11 is 0. The lowest BCUT2D eigenvalue weighted by Gasteiger charge is -2.38. The van der Waals surface area contributed by atoms with E-state index in [-0.39, 0.29) is 11.7 Å². The molecule has 6 heteroatoms. The van der Waals surface area contributed by atoms with Crippen LogP contribution in [0.1, 0.15) is 37.7 Å². The molecular weight excluding hydrogens is 404 g/mol. The molecule has 2 aromatic rings. The molecular formula is C26H28N2O4. The summed E-state index contributed by atoms with van der Waals surface area (Å²) in [6.07, 6.45) is 2.04. The van der Waals surface area contributed by atoms with Gasteiger partial charge in [0.2, 0.25) is 5.91 Å². The number of ether oxygens (including phenoxy) is 2. The van der Waals surface area contributed by atoms with Crippen LogP contribution in [0, 0.1) is 5.92 Å². The van der Waals surface area contributed by atoms with E-state index < -0.39 is 11.8 Å². The Labute approximate surface area is 188 Å². The number of rotatable bonds is 6. The first-order valence-electron chi connectivity index (χ1n) is 10.9. The van der Waals surface area contributed by atoms with E-state index in [1.807, 2.05) is 43.3 Å². The first-order valence-corrected chi connectivity index (χ1v) is 10.9. The maximum absolute atomic E-state index is 13.6. The van der Waals surface area contributed by atoms with Gasteiger partial charge in [-0.05, 0) is 49.6 Å². The molecule has 32 heavy (non-hydrogen) atoms. The van der Waals surface area contributed by atoms with E-state index in [1.54, 1.807) is 19.2 Å². The van der Waals surface area contributed by atoms with Crippen molar-refractivity contribution in [1.29, 1.82) is 0 Å². The second-order valence-corrected chi connectivity index (χ2v) is 7.97. The van der Waals surface area contributed by atoms with Gasteiger partial charge in [-0.25, -0.2) is 0 Å². The Bertz CT molecular complexity index is 1090. The minimum Gasteiger partial charge on any atom is -0.495 e. The van der Waals surface area contributed by atoms with Crippen molar-refractivity contribution in [3.63, 3.8) is 0 Å². The third-order valence-electron chi connectivity index (χ3n) is 5.96. The molecule has 2 aromatic carbocycles. The average Bonchev–Trinajstić information content (AvgIpc) is 2.79. The molecule has 0 saturated carbocycles. The second-order valence-electron chi connectivity index (χ2n) is 7.97. The highest BCUT2D eigenvalue weighted by atomic mass is 16.5. The fraction of sp³-hybridized carbons (Fsp3) is 0.308. The van der Waals surface area contributed by atoms with Crippen molar-refractivity contribution >= 4 is 17.4 Å². The van der Waals surface area contributed by atoms with Crippen LogP contribution in [0.4, 0.5) is 5.69 Å². The zero-order chi connectivity index (χ0) is 22.7. The van der Waals surface area contributed by atoms with Crippen LogP contribution < -0.4 is 20.1 Å². The van der Waals surface area contributed by atoms with Gasteiger partial charge in [-0.15, -0.1) is 0 Å². The van der Waals surface area contributed by atoms with Gasteiger partial charge in [0, 0.05) is 29.3 Å². The normalized spacial score (nSPS) is 20.3. The van der Waals surface area contributed by atoms with E-state index in [0.29, 0.717) is 41.5 Å². The van der Waals surface area contributed by atoms with Crippen LogP contribution in [0.2, 0.25) is 0 Å². The van der Waals surface area contributed by atoms with Gasteiger partial charge in [0.15, 0.2) is 5.78 Å². The third kappa shape index (κ3) is 4.13. The molecule has 1 amide bonds. The van der Waals surface area contributed by atoms with Gasteiger partial charge < -0.3 is 20.1 Å². The standard InChI is InChI=1S/C26H28N2O4/c1-4-32-18-10-7-9-17(15-18)24-23(16(2)27-20-12-8-13-21(29)25(20)24)26(30)28-19-11-5-6-14-22(19)31-3/h5-7,9-11,14-15,23-24,27H,2,4,8,12-13H2,1,3H3,(H,28,30). The van der Waals surface area contributed by atoms with Crippen LogP contribution in [0.5, 0.6) is 11.5 Å². The molecule has 1 heterocycles. The summed E-state index contributed by atoms with van der Waals surface area (Å²) in [6.45, 7) is 6.63. The van der Waals surface area contributed by atoms with Gasteiger partial charge >= 0.3 is 0 Å². The van der Waals surface area contributed by atoms with E-state index in [4.69, 9.17) is 9.47 Å². The molecule has 0 bridgehead atoms. The van der Waals surface area contributed by atoms with Crippen molar-refractivity contribution in [3.05, 3.63) is 77.6 Å². The Hall–Kier alpha value is -3.54. The minimum atomic E-state index is -0.669. The number of para-hydroxylation sites is 2. The van der Waals surface area contributed by atoms with Crippen LogP contribution in [-0.2, 0) is 9.59 Å². The highest BCUT2D eigenvalue weighted by Gasteiger charge is 2.43. The van der Waals surface area contributed by atoms with E-state index >= 15 is 0 Å². The molecule has 0 aromatic heterocycles. The van der Waals surface area contributed by atoms with E-state index in [0.717, 1.165) is 24.1 Å². The monoisotopic (exact) mass is 432 g/mol. The molecule has 0 spiro atoms. The molecule has 0 fully saturated rings. The van der Waals surface area contributed by atoms with Crippen LogP contribution in [0.15, 0.2) is 72.1 Å². The summed E-state index contributed by atoms with van der Waals surface area (Å²) in [4.78, 5) is 26.6. The first kappa shape index (κ1) is 21.7. The van der Waals surface area contributed by atoms with Crippen molar-refractivity contribution in [1.82, 2.24) is 5.32 Å². The number of allylic oxidation sites excluding steroid dienone is 2. The lowest BCUT2D eigenvalue weighted by atomic mass is 9.71. The second kappa shape index (κ2) is 9.30. The number of anilines is 1. The Morgan fingerprint density at radius 1 is 1.19 bits per heavy atom. The van der Waals surface area contributed by atoms with Crippen molar-refractivity contribution in [2.75, 3.05) is 19.0 Å². The SMILES string of the molecule is C=C1NC2=C(C(=O)CCC2)C(c2cccc(OCC)c2)C1C(=O)Nc1ccccc1OC. The summed E-state index contributed by atoms with van der Waals surface area (Å²) in [5.41, 5.74) is 3.57. The van der Waals surface area contributed by atoms with Gasteiger partial charge in [0.25, 0.3) is 0 Å². The zero-order valence-electron chi connectivity index (χ0n) is 18.4. The smallest absolute Gasteiger partial charge is 0.234 e. The lowest BCUT2D eigenvalue weighted by Crippen LogP contribution is -2.42. The van der Waals surface area contributed by atoms with Crippen LogP contribution in [0.25, 0.3) is 0 Å². The Kier molecular flexibility index (Phi) is 6.30. The molecule has 4 rings (SSSR count). The van der Waals surface area contributed by atoms with Gasteiger partial charge in [-0.2, -0.15) is 0 Å². The molecule has 0 radical (unpaired) electrons. The number of carbonyl (C=O) groups is 2. The summed E-state index contributed by atoms with van der Waals surface area (Å²) in [6, 6.07) is 14.9. The van der Waals surface area contributed by atoms with Crippen LogP contribution in [-0.4, -0.2) is 25.4 Å². The van der Waals surface area contributed by atoms with Crippen molar-refractivity contribution < 1.29 is 19.1 Å². The van der Waals surface area contributed by atoms with E-state index in [1.165, 1.54) is 0 Å². The molecule has 1 aliphatic carbocycles. The molecule has 2 unspecified atom stereocenters.